The SMILES string of the molecule is c1ccc(C2=NN(c3ccccc3)C3(C[C@@H](c4ccccc4)S[C@@H](c4ccccc4)C3)C2c2ccccc2)cc1. The van der Waals surface area contributed by atoms with Gasteiger partial charge in [-0.3, -0.25) is 5.01 Å². The fourth-order valence-electron chi connectivity index (χ4n) is 6.63. The van der Waals surface area contributed by atoms with E-state index in [-0.39, 0.29) is 11.5 Å². The molecular formula is C37H32N2S. The first-order chi connectivity index (χ1) is 19.8. The van der Waals surface area contributed by atoms with Crippen LogP contribution in [0, 0.1) is 0 Å². The molecule has 2 unspecified atom stereocenters. The van der Waals surface area contributed by atoms with E-state index in [1.165, 1.54) is 22.3 Å². The van der Waals surface area contributed by atoms with Crippen LogP contribution in [0.15, 0.2) is 157 Å². The minimum atomic E-state index is -0.250. The smallest absolute Gasteiger partial charge is 0.0786 e. The topological polar surface area (TPSA) is 15.6 Å². The Morgan fingerprint density at radius 2 is 0.950 bits per heavy atom. The number of anilines is 1. The molecule has 0 aliphatic carbocycles. The zero-order valence-electron chi connectivity index (χ0n) is 22.4. The summed E-state index contributed by atoms with van der Waals surface area (Å²) in [4.78, 5) is 0. The van der Waals surface area contributed by atoms with Gasteiger partial charge in [-0.2, -0.15) is 5.10 Å². The van der Waals surface area contributed by atoms with Crippen LogP contribution in [-0.4, -0.2) is 11.3 Å². The van der Waals surface area contributed by atoms with Gasteiger partial charge < -0.3 is 0 Å². The van der Waals surface area contributed by atoms with E-state index in [4.69, 9.17) is 5.10 Å². The average molecular weight is 537 g/mol. The maximum atomic E-state index is 5.56. The van der Waals surface area contributed by atoms with Crippen LogP contribution in [0.1, 0.15) is 51.5 Å². The minimum Gasteiger partial charge on any atom is -0.258 e. The van der Waals surface area contributed by atoms with Gasteiger partial charge in [0.1, 0.15) is 0 Å². The average Bonchev–Trinajstić information content (AvgIpc) is 3.36. The summed E-state index contributed by atoms with van der Waals surface area (Å²) in [5.41, 5.74) is 7.36. The minimum absolute atomic E-state index is 0.120. The summed E-state index contributed by atoms with van der Waals surface area (Å²) < 4.78 is 0. The summed E-state index contributed by atoms with van der Waals surface area (Å²) in [5, 5.41) is 8.63. The third kappa shape index (κ3) is 4.55. The Kier molecular flexibility index (Phi) is 6.75. The predicted octanol–water partition coefficient (Wildman–Crippen LogP) is 9.44. The van der Waals surface area contributed by atoms with E-state index in [1.54, 1.807) is 0 Å². The van der Waals surface area contributed by atoms with Crippen LogP contribution >= 0.6 is 11.8 Å². The van der Waals surface area contributed by atoms with Crippen molar-refractivity contribution >= 4 is 23.2 Å². The van der Waals surface area contributed by atoms with Crippen molar-refractivity contribution in [1.29, 1.82) is 0 Å². The molecule has 1 fully saturated rings. The van der Waals surface area contributed by atoms with Gasteiger partial charge in [0.25, 0.3) is 0 Å². The van der Waals surface area contributed by atoms with Crippen molar-refractivity contribution in [3.05, 3.63) is 174 Å². The Labute approximate surface area is 241 Å². The predicted molar refractivity (Wildman–Crippen MR) is 169 cm³/mol. The highest BCUT2D eigenvalue weighted by Crippen LogP contribution is 2.61. The molecule has 196 valence electrons. The molecule has 2 nitrogen and oxygen atoms in total. The highest BCUT2D eigenvalue weighted by Gasteiger charge is 2.57. The highest BCUT2D eigenvalue weighted by atomic mass is 32.2. The molecule has 7 rings (SSSR count). The highest BCUT2D eigenvalue weighted by molar-refractivity contribution is 7.99. The van der Waals surface area contributed by atoms with Crippen molar-refractivity contribution < 1.29 is 0 Å². The fraction of sp³-hybridized carbons (Fsp3) is 0.162. The first-order valence-corrected chi connectivity index (χ1v) is 15.1. The molecule has 0 bridgehead atoms. The van der Waals surface area contributed by atoms with Crippen LogP contribution in [0.4, 0.5) is 5.69 Å². The zero-order valence-corrected chi connectivity index (χ0v) is 23.2. The molecule has 1 spiro atoms. The van der Waals surface area contributed by atoms with E-state index in [0.717, 1.165) is 24.2 Å². The van der Waals surface area contributed by atoms with E-state index in [2.05, 4.69) is 168 Å². The van der Waals surface area contributed by atoms with Gasteiger partial charge in [-0.1, -0.05) is 140 Å². The van der Waals surface area contributed by atoms with E-state index in [0.29, 0.717) is 10.5 Å². The number of hydrogen-bond acceptors (Lipinski definition) is 3. The van der Waals surface area contributed by atoms with Crippen molar-refractivity contribution in [2.24, 2.45) is 5.10 Å². The lowest BCUT2D eigenvalue weighted by Crippen LogP contribution is -2.51. The second-order valence-electron chi connectivity index (χ2n) is 10.8. The molecule has 0 N–H and O–H groups in total. The van der Waals surface area contributed by atoms with E-state index in [1.807, 2.05) is 0 Å². The summed E-state index contributed by atoms with van der Waals surface area (Å²) in [7, 11) is 0. The van der Waals surface area contributed by atoms with Gasteiger partial charge in [-0.15, -0.1) is 11.8 Å². The fourth-order valence-corrected chi connectivity index (χ4v) is 8.42. The van der Waals surface area contributed by atoms with Crippen LogP contribution < -0.4 is 5.01 Å². The molecule has 0 saturated carbocycles. The first-order valence-electron chi connectivity index (χ1n) is 14.1. The van der Waals surface area contributed by atoms with Crippen LogP contribution in [0.3, 0.4) is 0 Å². The quantitative estimate of drug-likeness (QED) is 0.222. The molecule has 5 aromatic rings. The van der Waals surface area contributed by atoms with Gasteiger partial charge in [0.2, 0.25) is 0 Å². The van der Waals surface area contributed by atoms with Gasteiger partial charge in [0.05, 0.1) is 22.9 Å². The Morgan fingerprint density at radius 1 is 0.525 bits per heavy atom. The van der Waals surface area contributed by atoms with Crippen molar-refractivity contribution in [3.63, 3.8) is 0 Å². The van der Waals surface area contributed by atoms with Crippen molar-refractivity contribution in [1.82, 2.24) is 0 Å². The number of para-hydroxylation sites is 1. The van der Waals surface area contributed by atoms with Crippen LogP contribution in [0.5, 0.6) is 0 Å². The molecule has 0 amide bonds. The first kappa shape index (κ1) is 24.9. The number of hydrogen-bond donors (Lipinski definition) is 0. The molecular weight excluding hydrogens is 504 g/mol. The van der Waals surface area contributed by atoms with Crippen molar-refractivity contribution in [2.75, 3.05) is 5.01 Å². The van der Waals surface area contributed by atoms with Gasteiger partial charge in [-0.05, 0) is 47.2 Å². The molecule has 40 heavy (non-hydrogen) atoms. The zero-order chi connectivity index (χ0) is 26.8. The monoisotopic (exact) mass is 536 g/mol. The van der Waals surface area contributed by atoms with E-state index in [9.17, 15) is 0 Å². The normalized spacial score (nSPS) is 24.1. The summed E-state index contributed by atoms with van der Waals surface area (Å²) in [6, 6.07) is 54.9. The summed E-state index contributed by atoms with van der Waals surface area (Å²) >= 11 is 2.11. The number of nitrogens with zero attached hydrogens (tertiary/aromatic N) is 2. The third-order valence-corrected chi connectivity index (χ3v) is 9.93. The Bertz CT molecular complexity index is 1520. The summed E-state index contributed by atoms with van der Waals surface area (Å²) in [5.74, 6) is 0.120. The lowest BCUT2D eigenvalue weighted by atomic mass is 9.69. The summed E-state index contributed by atoms with van der Waals surface area (Å²) in [6.45, 7) is 0. The third-order valence-electron chi connectivity index (χ3n) is 8.39. The van der Waals surface area contributed by atoms with Gasteiger partial charge >= 0.3 is 0 Å². The second-order valence-corrected chi connectivity index (χ2v) is 12.2. The lowest BCUT2D eigenvalue weighted by molar-refractivity contribution is 0.318. The lowest BCUT2D eigenvalue weighted by Gasteiger charge is -2.50. The van der Waals surface area contributed by atoms with E-state index < -0.39 is 0 Å². The Hall–Kier alpha value is -4.08. The van der Waals surface area contributed by atoms with E-state index >= 15 is 0 Å². The molecule has 3 heteroatoms. The molecule has 1 saturated heterocycles. The Balaban J connectivity index is 1.46. The van der Waals surface area contributed by atoms with Crippen molar-refractivity contribution in [2.45, 2.75) is 34.8 Å². The van der Waals surface area contributed by atoms with Crippen LogP contribution in [0.25, 0.3) is 0 Å². The largest absolute Gasteiger partial charge is 0.258 e. The van der Waals surface area contributed by atoms with Crippen molar-refractivity contribution in [3.8, 4) is 0 Å². The standard InChI is InChI=1S/C37H32N2S/c1-6-16-28(17-7-1)33-26-37(27-34(40-33)29-18-8-2-9-19-29)35(30-20-10-3-11-21-30)36(31-22-12-4-13-23-31)38-39(37)32-24-14-5-15-25-32/h1-25,33-35H,26-27H2/t33-,34+,35?,37?. The number of thioether (sulfide) groups is 1. The second kappa shape index (κ2) is 10.8. The number of benzene rings is 5. The number of rotatable bonds is 5. The molecule has 2 heterocycles. The maximum Gasteiger partial charge on any atom is 0.0786 e. The van der Waals surface area contributed by atoms with Crippen LogP contribution in [0.2, 0.25) is 0 Å². The molecule has 2 aliphatic rings. The molecule has 5 aromatic carbocycles. The van der Waals surface area contributed by atoms with Gasteiger partial charge in [0, 0.05) is 10.5 Å². The molecule has 0 aromatic heterocycles. The Morgan fingerprint density at radius 3 is 1.45 bits per heavy atom. The maximum absolute atomic E-state index is 5.56. The molecule has 4 atom stereocenters. The summed E-state index contributed by atoms with van der Waals surface area (Å²) in [6.07, 6.45) is 2.00. The van der Waals surface area contributed by atoms with Crippen LogP contribution in [-0.2, 0) is 0 Å². The van der Waals surface area contributed by atoms with Gasteiger partial charge in [0.15, 0.2) is 0 Å². The molecule has 2 aliphatic heterocycles. The van der Waals surface area contributed by atoms with Gasteiger partial charge in [-0.25, -0.2) is 0 Å². The number of hydrazone groups is 1. The molecule has 0 radical (unpaired) electrons.